The number of hydrogen-bond donors (Lipinski definition) is 0. The Morgan fingerprint density at radius 3 is 2.70 bits per heavy atom. The van der Waals surface area contributed by atoms with Crippen molar-refractivity contribution in [3.63, 3.8) is 0 Å². The van der Waals surface area contributed by atoms with E-state index in [0.717, 1.165) is 24.4 Å². The molecule has 0 aliphatic carbocycles. The predicted molar refractivity (Wildman–Crippen MR) is 82.4 cm³/mol. The molecule has 23 heavy (non-hydrogen) atoms. The summed E-state index contributed by atoms with van der Waals surface area (Å²) in [5.74, 6) is 2.08. The molecule has 1 unspecified atom stereocenters. The van der Waals surface area contributed by atoms with Crippen LogP contribution in [-0.4, -0.2) is 20.3 Å². The van der Waals surface area contributed by atoms with Gasteiger partial charge < -0.3 is 8.94 Å². The first kappa shape index (κ1) is 14.1. The van der Waals surface area contributed by atoms with Crippen molar-refractivity contribution in [2.75, 3.05) is 0 Å². The molecule has 1 atom stereocenters. The highest BCUT2D eigenvalue weighted by molar-refractivity contribution is 5.31. The van der Waals surface area contributed by atoms with Gasteiger partial charge in [0.15, 0.2) is 0 Å². The first-order chi connectivity index (χ1) is 11.2. The van der Waals surface area contributed by atoms with Gasteiger partial charge >= 0.3 is 0 Å². The SMILES string of the molecule is Cc1cc(CN2Cc3ccccc3CC2c2nnc(C)o2)no1. The van der Waals surface area contributed by atoms with Crippen molar-refractivity contribution in [3.05, 3.63) is 64.7 Å². The number of fused-ring (bicyclic) bond motifs is 1. The fourth-order valence-corrected chi connectivity index (χ4v) is 3.13. The summed E-state index contributed by atoms with van der Waals surface area (Å²) in [4.78, 5) is 2.31. The molecule has 0 bridgehead atoms. The van der Waals surface area contributed by atoms with E-state index in [-0.39, 0.29) is 6.04 Å². The largest absolute Gasteiger partial charge is 0.424 e. The second-order valence-corrected chi connectivity index (χ2v) is 5.98. The van der Waals surface area contributed by atoms with Gasteiger partial charge in [0.1, 0.15) is 5.76 Å². The minimum Gasteiger partial charge on any atom is -0.424 e. The highest BCUT2D eigenvalue weighted by atomic mass is 16.5. The van der Waals surface area contributed by atoms with Crippen LogP contribution < -0.4 is 0 Å². The molecule has 1 aromatic carbocycles. The number of hydrogen-bond acceptors (Lipinski definition) is 6. The number of aromatic nitrogens is 3. The molecule has 0 radical (unpaired) electrons. The van der Waals surface area contributed by atoms with Crippen LogP contribution in [0.2, 0.25) is 0 Å². The Labute approximate surface area is 134 Å². The Kier molecular flexibility index (Phi) is 3.46. The highest BCUT2D eigenvalue weighted by Crippen LogP contribution is 2.33. The zero-order valence-corrected chi connectivity index (χ0v) is 13.2. The van der Waals surface area contributed by atoms with Gasteiger partial charge in [-0.05, 0) is 24.5 Å². The number of aryl methyl sites for hydroxylation is 2. The Balaban J connectivity index is 1.68. The summed E-state index contributed by atoms with van der Waals surface area (Å²) in [6, 6.07) is 10.5. The van der Waals surface area contributed by atoms with Crippen molar-refractivity contribution in [1.29, 1.82) is 0 Å². The number of nitrogens with zero attached hydrogens (tertiary/aromatic N) is 4. The Morgan fingerprint density at radius 2 is 2.00 bits per heavy atom. The monoisotopic (exact) mass is 310 g/mol. The van der Waals surface area contributed by atoms with Gasteiger partial charge in [-0.1, -0.05) is 29.4 Å². The molecule has 0 fully saturated rings. The minimum absolute atomic E-state index is 0.0584. The van der Waals surface area contributed by atoms with Crippen LogP contribution in [-0.2, 0) is 19.5 Å². The van der Waals surface area contributed by atoms with Crippen molar-refractivity contribution in [2.45, 2.75) is 39.4 Å². The summed E-state index contributed by atoms with van der Waals surface area (Å²) in [7, 11) is 0. The third-order valence-electron chi connectivity index (χ3n) is 4.21. The molecule has 6 heteroatoms. The molecule has 4 rings (SSSR count). The van der Waals surface area contributed by atoms with E-state index in [1.165, 1.54) is 11.1 Å². The van der Waals surface area contributed by atoms with Crippen molar-refractivity contribution in [2.24, 2.45) is 0 Å². The van der Waals surface area contributed by atoms with Crippen LogP contribution in [0.25, 0.3) is 0 Å². The van der Waals surface area contributed by atoms with Gasteiger partial charge in [0, 0.05) is 26.1 Å². The summed E-state index contributed by atoms with van der Waals surface area (Å²) in [5, 5.41) is 12.3. The average molecular weight is 310 g/mol. The molecule has 1 aliphatic heterocycles. The van der Waals surface area contributed by atoms with Crippen molar-refractivity contribution in [1.82, 2.24) is 20.3 Å². The first-order valence-corrected chi connectivity index (χ1v) is 7.72. The standard InChI is InChI=1S/C17H18N4O2/c1-11-7-15(20-23-11)10-21-9-14-6-4-3-5-13(14)8-16(21)17-19-18-12(2)22-17/h3-7,16H,8-10H2,1-2H3. The van der Waals surface area contributed by atoms with Gasteiger partial charge in [-0.3, -0.25) is 4.90 Å². The Bertz CT molecular complexity index is 823. The fourth-order valence-electron chi connectivity index (χ4n) is 3.13. The Hall–Kier alpha value is -2.47. The summed E-state index contributed by atoms with van der Waals surface area (Å²) >= 11 is 0. The zero-order chi connectivity index (χ0) is 15.8. The van der Waals surface area contributed by atoms with Gasteiger partial charge in [-0.15, -0.1) is 10.2 Å². The first-order valence-electron chi connectivity index (χ1n) is 7.72. The topological polar surface area (TPSA) is 68.2 Å². The molecule has 1 aliphatic rings. The second-order valence-electron chi connectivity index (χ2n) is 5.98. The van der Waals surface area contributed by atoms with Crippen LogP contribution in [0, 0.1) is 13.8 Å². The van der Waals surface area contributed by atoms with Gasteiger partial charge in [0.25, 0.3) is 0 Å². The second kappa shape index (κ2) is 5.62. The maximum absolute atomic E-state index is 5.70. The predicted octanol–water partition coefficient (Wildman–Crippen LogP) is 2.97. The van der Waals surface area contributed by atoms with Crippen LogP contribution >= 0.6 is 0 Å². The van der Waals surface area contributed by atoms with E-state index in [4.69, 9.17) is 8.94 Å². The molecule has 3 heterocycles. The summed E-state index contributed by atoms with van der Waals surface area (Å²) in [5.41, 5.74) is 3.59. The normalized spacial score (nSPS) is 18.1. The lowest BCUT2D eigenvalue weighted by Gasteiger charge is -2.34. The van der Waals surface area contributed by atoms with Crippen molar-refractivity contribution < 1.29 is 8.94 Å². The molecule has 0 spiro atoms. The van der Waals surface area contributed by atoms with Crippen LogP contribution in [0.15, 0.2) is 39.3 Å². The van der Waals surface area contributed by atoms with E-state index in [1.54, 1.807) is 0 Å². The molecule has 0 saturated carbocycles. The molecule has 2 aromatic heterocycles. The van der Waals surface area contributed by atoms with E-state index in [0.29, 0.717) is 18.3 Å². The third-order valence-corrected chi connectivity index (χ3v) is 4.21. The zero-order valence-electron chi connectivity index (χ0n) is 13.2. The smallest absolute Gasteiger partial charge is 0.233 e. The minimum atomic E-state index is 0.0584. The molecule has 6 nitrogen and oxygen atoms in total. The molecule has 3 aromatic rings. The van der Waals surface area contributed by atoms with E-state index in [2.05, 4.69) is 44.5 Å². The third kappa shape index (κ3) is 2.77. The number of benzene rings is 1. The summed E-state index contributed by atoms with van der Waals surface area (Å²) < 4.78 is 10.9. The summed E-state index contributed by atoms with van der Waals surface area (Å²) in [6.07, 6.45) is 0.856. The maximum atomic E-state index is 5.70. The molecule has 0 N–H and O–H groups in total. The van der Waals surface area contributed by atoms with Crippen molar-refractivity contribution in [3.8, 4) is 0 Å². The summed E-state index contributed by atoms with van der Waals surface area (Å²) in [6.45, 7) is 5.24. The molecule has 118 valence electrons. The lowest BCUT2D eigenvalue weighted by atomic mass is 9.93. The van der Waals surface area contributed by atoms with Gasteiger partial charge in [-0.2, -0.15) is 0 Å². The molecular weight excluding hydrogens is 292 g/mol. The number of rotatable bonds is 3. The van der Waals surface area contributed by atoms with Gasteiger partial charge in [0.05, 0.1) is 11.7 Å². The molecule has 0 amide bonds. The lowest BCUT2D eigenvalue weighted by molar-refractivity contribution is 0.134. The van der Waals surface area contributed by atoms with E-state index in [1.807, 2.05) is 19.9 Å². The lowest BCUT2D eigenvalue weighted by Crippen LogP contribution is -2.34. The average Bonchev–Trinajstić information content (AvgIpc) is 3.15. The molecule has 0 saturated heterocycles. The van der Waals surface area contributed by atoms with Gasteiger partial charge in [-0.25, -0.2) is 0 Å². The van der Waals surface area contributed by atoms with Crippen molar-refractivity contribution >= 4 is 0 Å². The highest BCUT2D eigenvalue weighted by Gasteiger charge is 2.31. The van der Waals surface area contributed by atoms with Crippen LogP contribution in [0.1, 0.15) is 40.4 Å². The van der Waals surface area contributed by atoms with Crippen LogP contribution in [0.4, 0.5) is 0 Å². The van der Waals surface area contributed by atoms with Gasteiger partial charge in [0.2, 0.25) is 11.8 Å². The fraction of sp³-hybridized carbons (Fsp3) is 0.353. The van der Waals surface area contributed by atoms with Crippen LogP contribution in [0.5, 0.6) is 0 Å². The van der Waals surface area contributed by atoms with E-state index < -0.39 is 0 Å². The van der Waals surface area contributed by atoms with E-state index in [9.17, 15) is 0 Å². The Morgan fingerprint density at radius 1 is 1.17 bits per heavy atom. The van der Waals surface area contributed by atoms with Crippen LogP contribution in [0.3, 0.4) is 0 Å². The quantitative estimate of drug-likeness (QED) is 0.741. The maximum Gasteiger partial charge on any atom is 0.233 e. The van der Waals surface area contributed by atoms with E-state index >= 15 is 0 Å². The molecular formula is C17H18N4O2.